The lowest BCUT2D eigenvalue weighted by Gasteiger charge is -2.16. The second kappa shape index (κ2) is 8.45. The molecule has 1 saturated heterocycles. The van der Waals surface area contributed by atoms with E-state index in [0.29, 0.717) is 17.0 Å². The first kappa shape index (κ1) is 19.2. The summed E-state index contributed by atoms with van der Waals surface area (Å²) in [4.78, 5) is 35.6. The van der Waals surface area contributed by atoms with E-state index in [9.17, 15) is 14.4 Å². The van der Waals surface area contributed by atoms with Gasteiger partial charge in [0.05, 0.1) is 0 Å². The molecule has 2 aromatic carbocycles. The molecule has 0 bridgehead atoms. The predicted molar refractivity (Wildman–Crippen MR) is 109 cm³/mol. The maximum atomic E-state index is 12.0. The monoisotopic (exact) mass is 395 g/mol. The molecule has 3 amide bonds. The number of hydrogen-bond acceptors (Lipinski definition) is 5. The molecule has 0 saturated carbocycles. The van der Waals surface area contributed by atoms with Crippen molar-refractivity contribution in [3.05, 3.63) is 65.2 Å². The van der Waals surface area contributed by atoms with Gasteiger partial charge in [0.25, 0.3) is 17.7 Å². The van der Waals surface area contributed by atoms with Gasteiger partial charge in [-0.3, -0.25) is 25.0 Å². The first-order valence-electron chi connectivity index (χ1n) is 8.38. The Bertz CT molecular complexity index is 944. The highest BCUT2D eigenvalue weighted by molar-refractivity contribution is 7.80. The van der Waals surface area contributed by atoms with Crippen LogP contribution in [0, 0.1) is 6.92 Å². The van der Waals surface area contributed by atoms with Crippen molar-refractivity contribution in [3.63, 3.8) is 0 Å². The SMILES string of the molecule is Cc1ccc(NC(=O)COc2ccc(C=C3C(=O)NC(=S)NC3=O)cc2)cc1. The summed E-state index contributed by atoms with van der Waals surface area (Å²) in [6.45, 7) is 1.83. The van der Waals surface area contributed by atoms with Crippen LogP contribution in [0.3, 0.4) is 0 Å². The van der Waals surface area contributed by atoms with E-state index in [4.69, 9.17) is 17.0 Å². The molecule has 1 aliphatic heterocycles. The van der Waals surface area contributed by atoms with Gasteiger partial charge in [-0.1, -0.05) is 29.8 Å². The fourth-order valence-electron chi connectivity index (χ4n) is 2.42. The summed E-state index contributed by atoms with van der Waals surface area (Å²) in [6.07, 6.45) is 1.44. The van der Waals surface area contributed by atoms with Crippen LogP contribution in [0.2, 0.25) is 0 Å². The molecule has 0 aromatic heterocycles. The van der Waals surface area contributed by atoms with Gasteiger partial charge < -0.3 is 10.1 Å². The van der Waals surface area contributed by atoms with Crippen LogP contribution in [0.4, 0.5) is 5.69 Å². The van der Waals surface area contributed by atoms with Crippen LogP contribution >= 0.6 is 12.2 Å². The molecule has 0 atom stereocenters. The maximum Gasteiger partial charge on any atom is 0.263 e. The Morgan fingerprint density at radius 3 is 2.25 bits per heavy atom. The van der Waals surface area contributed by atoms with E-state index in [2.05, 4.69) is 16.0 Å². The van der Waals surface area contributed by atoms with Crippen molar-refractivity contribution < 1.29 is 19.1 Å². The Hall–Kier alpha value is -3.52. The van der Waals surface area contributed by atoms with E-state index >= 15 is 0 Å². The van der Waals surface area contributed by atoms with Crippen LogP contribution in [0.5, 0.6) is 5.75 Å². The molecule has 142 valence electrons. The zero-order valence-electron chi connectivity index (χ0n) is 14.9. The van der Waals surface area contributed by atoms with E-state index in [-0.39, 0.29) is 23.2 Å². The number of carbonyl (C=O) groups excluding carboxylic acids is 3. The van der Waals surface area contributed by atoms with E-state index in [1.807, 2.05) is 31.2 Å². The number of benzene rings is 2. The Morgan fingerprint density at radius 1 is 1.04 bits per heavy atom. The quantitative estimate of drug-likeness (QED) is 0.408. The van der Waals surface area contributed by atoms with Crippen LogP contribution in [-0.4, -0.2) is 29.4 Å². The largest absolute Gasteiger partial charge is 0.484 e. The first-order chi connectivity index (χ1) is 13.4. The average Bonchev–Trinajstić information content (AvgIpc) is 2.66. The molecule has 28 heavy (non-hydrogen) atoms. The van der Waals surface area contributed by atoms with Gasteiger partial charge in [-0.25, -0.2) is 0 Å². The summed E-state index contributed by atoms with van der Waals surface area (Å²) in [5, 5.41) is 7.47. The zero-order valence-corrected chi connectivity index (χ0v) is 15.8. The minimum atomic E-state index is -0.554. The smallest absolute Gasteiger partial charge is 0.263 e. The molecule has 0 radical (unpaired) electrons. The van der Waals surface area contributed by atoms with Gasteiger partial charge in [-0.15, -0.1) is 0 Å². The van der Waals surface area contributed by atoms with Gasteiger partial charge in [0.1, 0.15) is 11.3 Å². The standard InChI is InChI=1S/C20H17N3O4S/c1-12-2-6-14(7-3-12)21-17(24)11-27-15-8-4-13(5-9-15)10-16-18(25)22-20(28)23-19(16)26/h2-10H,11H2,1H3,(H,21,24)(H2,22,23,25,26,28). The molecular formula is C20H17N3O4S. The number of carbonyl (C=O) groups is 3. The van der Waals surface area contributed by atoms with Crippen LogP contribution in [-0.2, 0) is 14.4 Å². The van der Waals surface area contributed by atoms with Gasteiger partial charge in [0.15, 0.2) is 11.7 Å². The van der Waals surface area contributed by atoms with Crippen molar-refractivity contribution in [1.29, 1.82) is 0 Å². The van der Waals surface area contributed by atoms with E-state index < -0.39 is 11.8 Å². The first-order valence-corrected chi connectivity index (χ1v) is 8.79. The van der Waals surface area contributed by atoms with Crippen molar-refractivity contribution in [2.75, 3.05) is 11.9 Å². The topological polar surface area (TPSA) is 96.5 Å². The molecule has 1 aliphatic rings. The highest BCUT2D eigenvalue weighted by atomic mass is 32.1. The van der Waals surface area contributed by atoms with Crippen LogP contribution in [0.15, 0.2) is 54.1 Å². The summed E-state index contributed by atoms with van der Waals surface area (Å²) in [7, 11) is 0. The summed E-state index contributed by atoms with van der Waals surface area (Å²) >= 11 is 4.75. The zero-order chi connectivity index (χ0) is 20.1. The van der Waals surface area contributed by atoms with Crippen molar-refractivity contribution in [1.82, 2.24) is 10.6 Å². The lowest BCUT2D eigenvalue weighted by molar-refractivity contribution is -0.123. The number of nitrogens with one attached hydrogen (secondary N) is 3. The van der Waals surface area contributed by atoms with Gasteiger partial charge >= 0.3 is 0 Å². The minimum Gasteiger partial charge on any atom is -0.484 e. The van der Waals surface area contributed by atoms with Crippen molar-refractivity contribution in [2.45, 2.75) is 6.92 Å². The number of anilines is 1. The van der Waals surface area contributed by atoms with E-state index in [1.165, 1.54) is 6.08 Å². The molecule has 3 rings (SSSR count). The number of rotatable bonds is 5. The summed E-state index contributed by atoms with van der Waals surface area (Å²) < 4.78 is 5.46. The lowest BCUT2D eigenvalue weighted by Crippen LogP contribution is -2.51. The van der Waals surface area contributed by atoms with Crippen LogP contribution in [0.25, 0.3) is 6.08 Å². The second-order valence-corrected chi connectivity index (χ2v) is 6.48. The van der Waals surface area contributed by atoms with E-state index in [0.717, 1.165) is 5.56 Å². The number of thiocarbonyl (C=S) groups is 1. The second-order valence-electron chi connectivity index (χ2n) is 6.07. The fourth-order valence-corrected chi connectivity index (χ4v) is 2.60. The maximum absolute atomic E-state index is 12.0. The van der Waals surface area contributed by atoms with E-state index in [1.54, 1.807) is 24.3 Å². The Kier molecular flexibility index (Phi) is 5.81. The number of aryl methyl sites for hydroxylation is 1. The number of ether oxygens (including phenoxy) is 1. The normalized spacial score (nSPS) is 13.5. The van der Waals surface area contributed by atoms with Crippen LogP contribution in [0.1, 0.15) is 11.1 Å². The van der Waals surface area contributed by atoms with Crippen molar-refractivity contribution in [2.24, 2.45) is 0 Å². The van der Waals surface area contributed by atoms with Crippen LogP contribution < -0.4 is 20.7 Å². The average molecular weight is 395 g/mol. The van der Waals surface area contributed by atoms with Crippen molar-refractivity contribution in [3.8, 4) is 5.75 Å². The number of hydrogen-bond donors (Lipinski definition) is 3. The Labute approximate surface area is 166 Å². The van der Waals surface area contributed by atoms with Gasteiger partial charge in [-0.2, -0.15) is 0 Å². The van der Waals surface area contributed by atoms with Crippen molar-refractivity contribution >= 4 is 46.8 Å². The van der Waals surface area contributed by atoms with Gasteiger partial charge in [0, 0.05) is 5.69 Å². The molecular weight excluding hydrogens is 378 g/mol. The van der Waals surface area contributed by atoms with Gasteiger partial charge in [0.2, 0.25) is 0 Å². The van der Waals surface area contributed by atoms with Gasteiger partial charge in [-0.05, 0) is 55.0 Å². The fraction of sp³-hybridized carbons (Fsp3) is 0.100. The molecule has 0 aliphatic carbocycles. The summed E-state index contributed by atoms with van der Waals surface area (Å²) in [5.74, 6) is -0.898. The third-order valence-corrected chi connectivity index (χ3v) is 4.04. The number of amides is 3. The highest BCUT2D eigenvalue weighted by Crippen LogP contribution is 2.16. The molecule has 2 aromatic rings. The third-order valence-electron chi connectivity index (χ3n) is 3.84. The Morgan fingerprint density at radius 2 is 1.64 bits per heavy atom. The Balaban J connectivity index is 1.57. The molecule has 8 heteroatoms. The molecule has 1 heterocycles. The minimum absolute atomic E-state index is 0.0141. The highest BCUT2D eigenvalue weighted by Gasteiger charge is 2.25. The molecule has 0 spiro atoms. The third kappa shape index (κ3) is 5.01. The predicted octanol–water partition coefficient (Wildman–Crippen LogP) is 1.93. The molecule has 3 N–H and O–H groups in total. The summed E-state index contributed by atoms with van der Waals surface area (Å²) in [6, 6.07) is 14.1. The lowest BCUT2D eigenvalue weighted by atomic mass is 10.1. The molecule has 0 unspecified atom stereocenters. The molecule has 1 fully saturated rings. The molecule has 7 nitrogen and oxygen atoms in total. The summed E-state index contributed by atoms with van der Waals surface area (Å²) in [5.41, 5.74) is 2.39.